The summed E-state index contributed by atoms with van der Waals surface area (Å²) in [5.74, 6) is -0.368. The number of nitrogens with zero attached hydrogens (tertiary/aromatic N) is 3. The number of nitro groups is 1. The molecule has 6 nitrogen and oxygen atoms in total. The molecule has 0 fully saturated rings. The summed E-state index contributed by atoms with van der Waals surface area (Å²) in [5.41, 5.74) is -0.209. The van der Waals surface area contributed by atoms with Crippen LogP contribution in [0.4, 0.5) is 5.69 Å². The molecule has 0 atom stereocenters. The normalized spacial score (nSPS) is 10.4. The number of carbonyl (C=O) groups excluding carboxylic acids is 1. The molecule has 21 heavy (non-hydrogen) atoms. The highest BCUT2D eigenvalue weighted by Gasteiger charge is 2.21. The fraction of sp³-hybridized carbons (Fsp3) is 0.231. The summed E-state index contributed by atoms with van der Waals surface area (Å²) >= 11 is 7.44. The van der Waals surface area contributed by atoms with Gasteiger partial charge in [0.2, 0.25) is 0 Å². The third kappa shape index (κ3) is 3.56. The second-order valence-corrected chi connectivity index (χ2v) is 5.58. The number of rotatable bonds is 5. The van der Waals surface area contributed by atoms with Crippen LogP contribution in [0.3, 0.4) is 0 Å². The molecule has 2 aromatic rings. The van der Waals surface area contributed by atoms with E-state index < -0.39 is 4.92 Å². The third-order valence-electron chi connectivity index (χ3n) is 2.86. The average Bonchev–Trinajstić information content (AvgIpc) is 2.97. The molecule has 0 saturated carbocycles. The van der Waals surface area contributed by atoms with Crippen molar-refractivity contribution in [2.75, 3.05) is 6.54 Å². The van der Waals surface area contributed by atoms with E-state index in [1.165, 1.54) is 0 Å². The Morgan fingerprint density at radius 1 is 1.57 bits per heavy atom. The van der Waals surface area contributed by atoms with E-state index in [0.717, 1.165) is 17.1 Å². The lowest BCUT2D eigenvalue weighted by Gasteiger charge is -2.20. The third-order valence-corrected chi connectivity index (χ3v) is 4.02. The molecule has 0 spiro atoms. The molecule has 0 saturated heterocycles. The first-order valence-corrected chi connectivity index (χ1v) is 7.40. The predicted octanol–water partition coefficient (Wildman–Crippen LogP) is 3.37. The highest BCUT2D eigenvalue weighted by atomic mass is 35.5. The van der Waals surface area contributed by atoms with Gasteiger partial charge in [-0.05, 0) is 18.4 Å². The van der Waals surface area contributed by atoms with Crippen molar-refractivity contribution in [2.24, 2.45) is 0 Å². The molecule has 0 unspecified atom stereocenters. The Morgan fingerprint density at radius 3 is 2.90 bits per heavy atom. The molecule has 0 radical (unpaired) electrons. The number of hydrogen-bond acceptors (Lipinski definition) is 5. The number of thiophene rings is 1. The van der Waals surface area contributed by atoms with Crippen LogP contribution in [0, 0.1) is 10.1 Å². The topological polar surface area (TPSA) is 76.3 Å². The highest BCUT2D eigenvalue weighted by molar-refractivity contribution is 7.09. The van der Waals surface area contributed by atoms with Gasteiger partial charge in [-0.2, -0.15) is 0 Å². The summed E-state index contributed by atoms with van der Waals surface area (Å²) in [6.45, 7) is 2.74. The van der Waals surface area contributed by atoms with Gasteiger partial charge in [0, 0.05) is 17.5 Å². The van der Waals surface area contributed by atoms with Crippen molar-refractivity contribution in [2.45, 2.75) is 13.5 Å². The van der Waals surface area contributed by atoms with Gasteiger partial charge in [0.15, 0.2) is 0 Å². The van der Waals surface area contributed by atoms with Gasteiger partial charge in [-0.15, -0.1) is 11.3 Å². The molecule has 0 aliphatic heterocycles. The van der Waals surface area contributed by atoms with Crippen LogP contribution in [0.25, 0.3) is 0 Å². The fourth-order valence-electron chi connectivity index (χ4n) is 1.78. The van der Waals surface area contributed by atoms with E-state index >= 15 is 0 Å². The van der Waals surface area contributed by atoms with E-state index in [2.05, 4.69) is 4.98 Å². The van der Waals surface area contributed by atoms with Crippen molar-refractivity contribution < 1.29 is 9.72 Å². The summed E-state index contributed by atoms with van der Waals surface area (Å²) in [6.07, 6.45) is 1.04. The van der Waals surface area contributed by atoms with E-state index in [1.807, 2.05) is 24.4 Å². The lowest BCUT2D eigenvalue weighted by Crippen LogP contribution is -2.30. The Balaban J connectivity index is 2.28. The Labute approximate surface area is 130 Å². The maximum Gasteiger partial charge on any atom is 0.288 e. The number of pyridine rings is 1. The van der Waals surface area contributed by atoms with Gasteiger partial charge >= 0.3 is 0 Å². The van der Waals surface area contributed by atoms with Crippen molar-refractivity contribution in [3.05, 3.63) is 55.5 Å². The molecule has 0 bridgehead atoms. The summed E-state index contributed by atoms with van der Waals surface area (Å²) in [4.78, 5) is 29.0. The van der Waals surface area contributed by atoms with Crippen LogP contribution in [0.15, 0.2) is 29.8 Å². The van der Waals surface area contributed by atoms with Crippen molar-refractivity contribution >= 4 is 34.5 Å². The Morgan fingerprint density at radius 2 is 2.33 bits per heavy atom. The molecule has 2 rings (SSSR count). The average molecular weight is 326 g/mol. The molecule has 2 heterocycles. The van der Waals surface area contributed by atoms with Crippen molar-refractivity contribution in [3.8, 4) is 0 Å². The van der Waals surface area contributed by atoms with Gasteiger partial charge in [0.1, 0.15) is 11.3 Å². The molecule has 2 aromatic heterocycles. The van der Waals surface area contributed by atoms with Crippen molar-refractivity contribution in [3.63, 3.8) is 0 Å². The SMILES string of the molecule is CCN(Cc1cccs1)C(=O)c1cc([N+](=O)[O-])cnc1Cl. The van der Waals surface area contributed by atoms with Crippen LogP contribution < -0.4 is 0 Å². The fourth-order valence-corrected chi connectivity index (χ4v) is 2.68. The van der Waals surface area contributed by atoms with E-state index in [9.17, 15) is 14.9 Å². The summed E-state index contributed by atoms with van der Waals surface area (Å²) < 4.78 is 0. The molecule has 110 valence electrons. The minimum atomic E-state index is -0.602. The number of hydrogen-bond donors (Lipinski definition) is 0. The monoisotopic (exact) mass is 325 g/mol. The predicted molar refractivity (Wildman–Crippen MR) is 80.6 cm³/mol. The van der Waals surface area contributed by atoms with Crippen molar-refractivity contribution in [1.29, 1.82) is 0 Å². The van der Waals surface area contributed by atoms with E-state index in [1.54, 1.807) is 16.2 Å². The largest absolute Gasteiger partial charge is 0.334 e. The molecule has 0 N–H and O–H groups in total. The van der Waals surface area contributed by atoms with E-state index in [4.69, 9.17) is 11.6 Å². The molecule has 8 heteroatoms. The van der Waals surface area contributed by atoms with Crippen LogP contribution in [0.2, 0.25) is 5.15 Å². The van der Waals surface area contributed by atoms with Crippen LogP contribution >= 0.6 is 22.9 Å². The first-order chi connectivity index (χ1) is 10.0. The first-order valence-electron chi connectivity index (χ1n) is 6.14. The quantitative estimate of drug-likeness (QED) is 0.480. The highest BCUT2D eigenvalue weighted by Crippen LogP contribution is 2.22. The van der Waals surface area contributed by atoms with Gasteiger partial charge < -0.3 is 4.90 Å². The molecular weight excluding hydrogens is 314 g/mol. The van der Waals surface area contributed by atoms with E-state index in [0.29, 0.717) is 13.1 Å². The first kappa shape index (κ1) is 15.4. The lowest BCUT2D eigenvalue weighted by atomic mass is 10.2. The maximum absolute atomic E-state index is 12.5. The number of carbonyl (C=O) groups is 1. The zero-order valence-electron chi connectivity index (χ0n) is 11.2. The van der Waals surface area contributed by atoms with Crippen molar-refractivity contribution in [1.82, 2.24) is 9.88 Å². The standard InChI is InChI=1S/C13H12ClN3O3S/c1-2-16(8-10-4-3-5-21-10)13(18)11-6-9(17(19)20)7-15-12(11)14/h3-7H,2,8H2,1H3. The minimum absolute atomic E-state index is 0.0322. The molecule has 1 amide bonds. The van der Waals surface area contributed by atoms with Gasteiger partial charge in [-0.3, -0.25) is 14.9 Å². The van der Waals surface area contributed by atoms with E-state index in [-0.39, 0.29) is 22.3 Å². The summed E-state index contributed by atoms with van der Waals surface area (Å²) in [6, 6.07) is 4.99. The summed E-state index contributed by atoms with van der Waals surface area (Å²) in [7, 11) is 0. The number of amides is 1. The second kappa shape index (κ2) is 6.64. The molecule has 0 aliphatic rings. The molecular formula is C13H12ClN3O3S. The van der Waals surface area contributed by atoms with Gasteiger partial charge in [-0.25, -0.2) is 4.98 Å². The maximum atomic E-state index is 12.5. The molecule has 0 aliphatic carbocycles. The second-order valence-electron chi connectivity index (χ2n) is 4.19. The van der Waals surface area contributed by atoms with Crippen LogP contribution in [-0.4, -0.2) is 27.3 Å². The lowest BCUT2D eigenvalue weighted by molar-refractivity contribution is -0.385. The Hall–Kier alpha value is -1.99. The van der Waals surface area contributed by atoms with Crippen LogP contribution in [-0.2, 0) is 6.54 Å². The van der Waals surface area contributed by atoms with Gasteiger partial charge in [0.05, 0.1) is 17.0 Å². The number of halogens is 1. The Kier molecular flexibility index (Phi) is 4.87. The smallest absolute Gasteiger partial charge is 0.288 e. The summed E-state index contributed by atoms with van der Waals surface area (Å²) in [5, 5.41) is 12.7. The zero-order valence-corrected chi connectivity index (χ0v) is 12.7. The van der Waals surface area contributed by atoms with Crippen LogP contribution in [0.5, 0.6) is 0 Å². The minimum Gasteiger partial charge on any atom is -0.334 e. The van der Waals surface area contributed by atoms with Gasteiger partial charge in [-0.1, -0.05) is 17.7 Å². The van der Waals surface area contributed by atoms with Gasteiger partial charge in [0.25, 0.3) is 11.6 Å². The Bertz CT molecular complexity index is 661. The zero-order chi connectivity index (χ0) is 15.4. The van der Waals surface area contributed by atoms with Crippen LogP contribution in [0.1, 0.15) is 22.2 Å². The number of aromatic nitrogens is 1. The molecule has 0 aromatic carbocycles.